The van der Waals surface area contributed by atoms with E-state index >= 15 is 0 Å². The average Bonchev–Trinajstić information content (AvgIpc) is 2.49. The van der Waals surface area contributed by atoms with E-state index in [1.807, 2.05) is 6.07 Å². The lowest BCUT2D eigenvalue weighted by molar-refractivity contribution is 0.594. The zero-order valence-corrected chi connectivity index (χ0v) is 12.7. The number of nitrogens with zero attached hydrogens (tertiary/aromatic N) is 2. The maximum Gasteiger partial charge on any atom is 0.265 e. The number of sulfonamides is 1. The quantitative estimate of drug-likeness (QED) is 0.880. The van der Waals surface area contributed by atoms with Crippen molar-refractivity contribution >= 4 is 33.0 Å². The predicted molar refractivity (Wildman–Crippen MR) is 82.6 cm³/mol. The molecule has 0 amide bonds. The van der Waals surface area contributed by atoms with Crippen LogP contribution < -0.4 is 10.0 Å². The fourth-order valence-corrected chi connectivity index (χ4v) is 3.45. The maximum atomic E-state index is 12.6. The zero-order valence-electron chi connectivity index (χ0n) is 11.1. The van der Waals surface area contributed by atoms with Gasteiger partial charge in [0.15, 0.2) is 0 Å². The van der Waals surface area contributed by atoms with Crippen LogP contribution in [0.3, 0.4) is 0 Å². The van der Waals surface area contributed by atoms with Gasteiger partial charge in [-0.1, -0.05) is 11.6 Å². The molecule has 0 spiro atoms. The molecule has 0 aliphatic rings. The van der Waals surface area contributed by atoms with E-state index in [1.165, 1.54) is 25.2 Å². The van der Waals surface area contributed by atoms with Crippen LogP contribution in [0.5, 0.6) is 0 Å². The molecule has 2 rings (SSSR count). The van der Waals surface area contributed by atoms with Gasteiger partial charge in [0.05, 0.1) is 22.3 Å². The van der Waals surface area contributed by atoms with Gasteiger partial charge in [0.25, 0.3) is 10.0 Å². The third kappa shape index (κ3) is 2.94. The molecule has 5 nitrogen and oxygen atoms in total. The zero-order chi connectivity index (χ0) is 15.6. The van der Waals surface area contributed by atoms with Crippen LogP contribution >= 0.6 is 11.6 Å². The Hall–Kier alpha value is -2.23. The van der Waals surface area contributed by atoms with Gasteiger partial charge >= 0.3 is 0 Å². The molecule has 7 heteroatoms. The van der Waals surface area contributed by atoms with Gasteiger partial charge in [0.1, 0.15) is 4.90 Å². The average molecular weight is 322 g/mol. The van der Waals surface area contributed by atoms with Crippen molar-refractivity contribution in [2.75, 3.05) is 17.1 Å². The van der Waals surface area contributed by atoms with Crippen LogP contribution in [0.2, 0.25) is 5.02 Å². The second-order valence-corrected chi connectivity index (χ2v) is 6.67. The van der Waals surface area contributed by atoms with Crippen molar-refractivity contribution in [3.8, 4) is 6.07 Å². The molecular formula is C14H12ClN3O2S. The van der Waals surface area contributed by atoms with Gasteiger partial charge in [-0.3, -0.25) is 4.31 Å². The highest BCUT2D eigenvalue weighted by atomic mass is 35.5. The predicted octanol–water partition coefficient (Wildman–Crippen LogP) is 2.62. The second-order valence-electron chi connectivity index (χ2n) is 4.32. The van der Waals surface area contributed by atoms with Crippen molar-refractivity contribution in [3.63, 3.8) is 0 Å². The summed E-state index contributed by atoms with van der Waals surface area (Å²) in [4.78, 5) is -0.0592. The van der Waals surface area contributed by atoms with Crippen molar-refractivity contribution in [1.29, 1.82) is 5.26 Å². The van der Waals surface area contributed by atoms with E-state index in [1.54, 1.807) is 24.3 Å². The first-order valence-corrected chi connectivity index (χ1v) is 7.72. The van der Waals surface area contributed by atoms with Crippen LogP contribution in [-0.2, 0) is 10.0 Å². The molecule has 0 atom stereocenters. The minimum atomic E-state index is -3.83. The van der Waals surface area contributed by atoms with E-state index in [4.69, 9.17) is 22.6 Å². The number of nitriles is 1. The van der Waals surface area contributed by atoms with Crippen LogP contribution in [0, 0.1) is 11.3 Å². The summed E-state index contributed by atoms with van der Waals surface area (Å²) >= 11 is 5.96. The lowest BCUT2D eigenvalue weighted by Gasteiger charge is -2.20. The smallest absolute Gasteiger partial charge is 0.265 e. The fourth-order valence-electron chi connectivity index (χ4n) is 1.75. The van der Waals surface area contributed by atoms with Crippen molar-refractivity contribution in [2.24, 2.45) is 0 Å². The van der Waals surface area contributed by atoms with Crippen molar-refractivity contribution in [2.45, 2.75) is 4.90 Å². The lowest BCUT2D eigenvalue weighted by Crippen LogP contribution is -2.26. The van der Waals surface area contributed by atoms with Gasteiger partial charge in [0, 0.05) is 12.7 Å². The Morgan fingerprint density at radius 2 is 1.81 bits per heavy atom. The number of rotatable bonds is 3. The first kappa shape index (κ1) is 15.2. The highest BCUT2D eigenvalue weighted by Crippen LogP contribution is 2.29. The standard InChI is InChI=1S/C14H12ClN3O2S/c1-18(12-5-2-10(9-16)3-6-12)21(19,20)14-8-11(17)4-7-13(14)15/h2-8H,17H2,1H3. The van der Waals surface area contributed by atoms with Gasteiger partial charge < -0.3 is 5.73 Å². The van der Waals surface area contributed by atoms with Gasteiger partial charge in [-0.15, -0.1) is 0 Å². The van der Waals surface area contributed by atoms with E-state index < -0.39 is 10.0 Å². The Morgan fingerprint density at radius 3 is 2.38 bits per heavy atom. The SMILES string of the molecule is CN(c1ccc(C#N)cc1)S(=O)(=O)c1cc(N)ccc1Cl. The van der Waals surface area contributed by atoms with Crippen LogP contribution in [0.25, 0.3) is 0 Å². The highest BCUT2D eigenvalue weighted by Gasteiger charge is 2.24. The Kier molecular flexibility index (Phi) is 4.07. The number of benzene rings is 2. The van der Waals surface area contributed by atoms with Gasteiger partial charge in [-0.05, 0) is 42.5 Å². The molecule has 2 aromatic carbocycles. The first-order chi connectivity index (χ1) is 9.86. The molecule has 2 N–H and O–H groups in total. The fraction of sp³-hybridized carbons (Fsp3) is 0.0714. The number of nitrogen functional groups attached to an aromatic ring is 1. The van der Waals surface area contributed by atoms with Crippen LogP contribution in [0.4, 0.5) is 11.4 Å². The van der Waals surface area contributed by atoms with Crippen molar-refractivity contribution in [1.82, 2.24) is 0 Å². The third-order valence-corrected chi connectivity index (χ3v) is 5.22. The number of hydrogen-bond acceptors (Lipinski definition) is 4. The molecule has 2 aromatic rings. The topological polar surface area (TPSA) is 87.2 Å². The van der Waals surface area contributed by atoms with E-state index in [2.05, 4.69) is 0 Å². The number of anilines is 2. The molecule has 0 aromatic heterocycles. The number of hydrogen-bond donors (Lipinski definition) is 1. The summed E-state index contributed by atoms with van der Waals surface area (Å²) in [5.74, 6) is 0. The van der Waals surface area contributed by atoms with Crippen molar-refractivity contribution < 1.29 is 8.42 Å². The largest absolute Gasteiger partial charge is 0.399 e. The summed E-state index contributed by atoms with van der Waals surface area (Å²) in [6.07, 6.45) is 0. The Balaban J connectivity index is 2.47. The van der Waals surface area contributed by atoms with Crippen molar-refractivity contribution in [3.05, 3.63) is 53.1 Å². The molecule has 21 heavy (non-hydrogen) atoms. The van der Waals surface area contributed by atoms with Crippen LogP contribution in [0.1, 0.15) is 5.56 Å². The van der Waals surface area contributed by atoms with E-state index in [0.29, 0.717) is 16.9 Å². The third-order valence-electron chi connectivity index (χ3n) is 2.95. The Morgan fingerprint density at radius 1 is 1.19 bits per heavy atom. The molecule has 0 saturated carbocycles. The van der Waals surface area contributed by atoms with Gasteiger partial charge in [-0.25, -0.2) is 8.42 Å². The normalized spacial score (nSPS) is 10.9. The summed E-state index contributed by atoms with van der Waals surface area (Å²) in [7, 11) is -2.41. The molecule has 108 valence electrons. The lowest BCUT2D eigenvalue weighted by atomic mass is 10.2. The maximum absolute atomic E-state index is 12.6. The first-order valence-electron chi connectivity index (χ1n) is 5.90. The summed E-state index contributed by atoms with van der Waals surface area (Å²) in [6, 6.07) is 12.5. The van der Waals surface area contributed by atoms with E-state index in [0.717, 1.165) is 4.31 Å². The molecule has 0 aliphatic carbocycles. The van der Waals surface area contributed by atoms with Gasteiger partial charge in [-0.2, -0.15) is 5.26 Å². The van der Waals surface area contributed by atoms with Crippen LogP contribution in [0.15, 0.2) is 47.4 Å². The van der Waals surface area contributed by atoms with Gasteiger partial charge in [0.2, 0.25) is 0 Å². The Bertz CT molecular complexity index is 811. The second kappa shape index (κ2) is 5.64. The van der Waals surface area contributed by atoms with Crippen LogP contribution in [-0.4, -0.2) is 15.5 Å². The summed E-state index contributed by atoms with van der Waals surface area (Å²) in [6.45, 7) is 0. The minimum Gasteiger partial charge on any atom is -0.399 e. The molecule has 0 unspecified atom stereocenters. The number of halogens is 1. The van der Waals surface area contributed by atoms with E-state index in [9.17, 15) is 8.42 Å². The highest BCUT2D eigenvalue weighted by molar-refractivity contribution is 7.93. The number of nitrogens with two attached hydrogens (primary N) is 1. The molecule has 0 radical (unpaired) electrons. The molecule has 0 saturated heterocycles. The summed E-state index contributed by atoms with van der Waals surface area (Å²) in [5.41, 5.74) is 6.81. The molecule has 0 bridgehead atoms. The molecular weight excluding hydrogens is 310 g/mol. The summed E-state index contributed by atoms with van der Waals surface area (Å²) < 4.78 is 26.3. The summed E-state index contributed by atoms with van der Waals surface area (Å²) in [5, 5.41) is 8.86. The Labute approximate surface area is 128 Å². The minimum absolute atomic E-state index is 0.0592. The molecule has 0 aliphatic heterocycles. The van der Waals surface area contributed by atoms with E-state index in [-0.39, 0.29) is 9.92 Å². The monoisotopic (exact) mass is 321 g/mol. The molecule has 0 fully saturated rings. The molecule has 0 heterocycles.